The maximum absolute atomic E-state index is 13.2. The number of carbonyl (C=O) groups excluding carboxylic acids is 2. The molecule has 10 nitrogen and oxygen atoms in total. The standard InChI is InChI=1S/C22H31N3O7S/c1-3-33(28,29)23-15-4-7-19-17(12-15)22(27)24(2)18-6-5-16(32-20(18)14-31-19)13-21(26)25-8-10-30-11-9-25/h4,7,12,16,18,20,23H,3,5-6,8-11,13-14H2,1-2H3/t16-,18-,20-/m0/s1. The number of benzene rings is 1. The highest BCUT2D eigenvalue weighted by molar-refractivity contribution is 7.92. The Morgan fingerprint density at radius 3 is 2.70 bits per heavy atom. The first-order valence-electron chi connectivity index (χ1n) is 11.3. The molecule has 3 aliphatic heterocycles. The van der Waals surface area contributed by atoms with Crippen LogP contribution in [0, 0.1) is 0 Å². The van der Waals surface area contributed by atoms with E-state index in [1.54, 1.807) is 31.0 Å². The van der Waals surface area contributed by atoms with Crippen LogP contribution in [-0.2, 0) is 24.3 Å². The van der Waals surface area contributed by atoms with E-state index in [1.165, 1.54) is 6.07 Å². The number of carbonyl (C=O) groups is 2. The lowest BCUT2D eigenvalue weighted by molar-refractivity contribution is -0.146. The molecule has 3 atom stereocenters. The number of ether oxygens (including phenoxy) is 3. The van der Waals surface area contributed by atoms with Crippen molar-refractivity contribution in [3.05, 3.63) is 23.8 Å². The molecule has 0 radical (unpaired) electrons. The van der Waals surface area contributed by atoms with Gasteiger partial charge in [-0.15, -0.1) is 0 Å². The van der Waals surface area contributed by atoms with Crippen molar-refractivity contribution in [3.8, 4) is 5.75 Å². The molecular formula is C22H31N3O7S. The molecule has 33 heavy (non-hydrogen) atoms. The number of nitrogens with zero attached hydrogens (tertiary/aromatic N) is 2. The molecule has 0 aliphatic carbocycles. The van der Waals surface area contributed by atoms with Gasteiger partial charge < -0.3 is 24.0 Å². The second-order valence-corrected chi connectivity index (χ2v) is 10.6. The van der Waals surface area contributed by atoms with Crippen LogP contribution in [-0.4, -0.2) is 94.0 Å². The predicted molar refractivity (Wildman–Crippen MR) is 121 cm³/mol. The summed E-state index contributed by atoms with van der Waals surface area (Å²) in [7, 11) is -1.74. The Balaban J connectivity index is 1.46. The third-order valence-corrected chi connectivity index (χ3v) is 7.74. The highest BCUT2D eigenvalue weighted by atomic mass is 32.2. The number of anilines is 1. The van der Waals surface area contributed by atoms with Crippen molar-refractivity contribution in [2.75, 3.05) is 50.4 Å². The first-order valence-corrected chi connectivity index (χ1v) is 13.0. The molecule has 2 amide bonds. The topological polar surface area (TPSA) is 114 Å². The molecule has 2 saturated heterocycles. The lowest BCUT2D eigenvalue weighted by Gasteiger charge is -2.42. The maximum Gasteiger partial charge on any atom is 0.257 e. The Morgan fingerprint density at radius 1 is 1.21 bits per heavy atom. The van der Waals surface area contributed by atoms with Gasteiger partial charge in [0, 0.05) is 25.8 Å². The summed E-state index contributed by atoms with van der Waals surface area (Å²) >= 11 is 0. The van der Waals surface area contributed by atoms with Crippen LogP contribution in [0.1, 0.15) is 36.5 Å². The molecule has 182 valence electrons. The summed E-state index contributed by atoms with van der Waals surface area (Å²) in [6.07, 6.45) is 1.07. The summed E-state index contributed by atoms with van der Waals surface area (Å²) < 4.78 is 43.8. The number of hydrogen-bond acceptors (Lipinski definition) is 7. The zero-order chi connectivity index (χ0) is 23.6. The molecule has 1 aromatic carbocycles. The number of amides is 2. The molecule has 11 heteroatoms. The lowest BCUT2D eigenvalue weighted by Crippen LogP contribution is -2.54. The summed E-state index contributed by atoms with van der Waals surface area (Å²) in [5.74, 6) is 0.110. The van der Waals surface area contributed by atoms with Gasteiger partial charge in [-0.1, -0.05) is 0 Å². The van der Waals surface area contributed by atoms with Gasteiger partial charge in [-0.05, 0) is 38.0 Å². The van der Waals surface area contributed by atoms with Gasteiger partial charge in [-0.2, -0.15) is 0 Å². The van der Waals surface area contributed by atoms with E-state index in [0.717, 1.165) is 0 Å². The Hall–Kier alpha value is -2.37. The van der Waals surface area contributed by atoms with Crippen LogP contribution in [0.4, 0.5) is 5.69 Å². The number of rotatable bonds is 5. The number of sulfonamides is 1. The molecule has 0 aromatic heterocycles. The second kappa shape index (κ2) is 9.86. The van der Waals surface area contributed by atoms with Gasteiger partial charge >= 0.3 is 0 Å². The van der Waals surface area contributed by atoms with Crippen LogP contribution in [0.2, 0.25) is 0 Å². The Bertz CT molecular complexity index is 994. The molecule has 0 bridgehead atoms. The van der Waals surface area contributed by atoms with Crippen LogP contribution >= 0.6 is 0 Å². The van der Waals surface area contributed by atoms with Crippen molar-refractivity contribution in [3.63, 3.8) is 0 Å². The third kappa shape index (κ3) is 5.42. The number of likely N-dealkylation sites (N-methyl/N-ethyl adjacent to an activating group) is 1. The van der Waals surface area contributed by atoms with Crippen molar-refractivity contribution in [1.29, 1.82) is 0 Å². The van der Waals surface area contributed by atoms with Crippen molar-refractivity contribution < 1.29 is 32.2 Å². The summed E-state index contributed by atoms with van der Waals surface area (Å²) in [5.41, 5.74) is 0.622. The fourth-order valence-corrected chi connectivity index (χ4v) is 5.11. The van der Waals surface area contributed by atoms with E-state index >= 15 is 0 Å². The highest BCUT2D eigenvalue weighted by Gasteiger charge is 2.39. The normalized spacial score (nSPS) is 25.9. The average molecular weight is 482 g/mol. The Kier molecular flexibility index (Phi) is 7.10. The number of morpholine rings is 1. The molecule has 4 rings (SSSR count). The van der Waals surface area contributed by atoms with Gasteiger partial charge in [0.1, 0.15) is 18.5 Å². The summed E-state index contributed by atoms with van der Waals surface area (Å²) in [6, 6.07) is 4.48. The first kappa shape index (κ1) is 23.8. The van der Waals surface area contributed by atoms with E-state index in [0.29, 0.717) is 62.6 Å². The molecule has 2 fully saturated rings. The molecule has 1 N–H and O–H groups in total. The molecule has 0 spiro atoms. The van der Waals surface area contributed by atoms with E-state index in [-0.39, 0.29) is 42.4 Å². The first-order chi connectivity index (χ1) is 15.8. The van der Waals surface area contributed by atoms with Gasteiger partial charge in [0.2, 0.25) is 15.9 Å². The molecule has 0 unspecified atom stereocenters. The third-order valence-electron chi connectivity index (χ3n) is 6.43. The van der Waals surface area contributed by atoms with E-state index in [1.807, 2.05) is 4.90 Å². The largest absolute Gasteiger partial charge is 0.490 e. The van der Waals surface area contributed by atoms with Gasteiger partial charge in [0.05, 0.1) is 43.1 Å². The smallest absolute Gasteiger partial charge is 0.257 e. The molecule has 3 aliphatic rings. The van der Waals surface area contributed by atoms with Crippen LogP contribution in [0.5, 0.6) is 5.75 Å². The van der Waals surface area contributed by atoms with Crippen LogP contribution in [0.3, 0.4) is 0 Å². The minimum atomic E-state index is -3.46. The minimum Gasteiger partial charge on any atom is -0.490 e. The maximum atomic E-state index is 13.2. The van der Waals surface area contributed by atoms with Crippen LogP contribution in [0.25, 0.3) is 0 Å². The van der Waals surface area contributed by atoms with Crippen molar-refractivity contribution in [2.45, 2.75) is 44.4 Å². The van der Waals surface area contributed by atoms with E-state index in [9.17, 15) is 18.0 Å². The molecule has 0 saturated carbocycles. The minimum absolute atomic E-state index is 0.0605. The second-order valence-electron chi connectivity index (χ2n) is 8.58. The average Bonchev–Trinajstić information content (AvgIpc) is 2.82. The quantitative estimate of drug-likeness (QED) is 0.669. The fraction of sp³-hybridized carbons (Fsp3) is 0.636. The number of fused-ring (bicyclic) bond motifs is 2. The molecular weight excluding hydrogens is 450 g/mol. The van der Waals surface area contributed by atoms with Crippen molar-refractivity contribution in [2.24, 2.45) is 0 Å². The zero-order valence-corrected chi connectivity index (χ0v) is 19.8. The Morgan fingerprint density at radius 2 is 1.97 bits per heavy atom. The van der Waals surface area contributed by atoms with Crippen molar-refractivity contribution in [1.82, 2.24) is 9.80 Å². The number of nitrogens with one attached hydrogen (secondary N) is 1. The fourth-order valence-electron chi connectivity index (χ4n) is 4.48. The highest BCUT2D eigenvalue weighted by Crippen LogP contribution is 2.33. The van der Waals surface area contributed by atoms with Gasteiger partial charge in [-0.25, -0.2) is 8.42 Å². The monoisotopic (exact) mass is 481 g/mol. The SMILES string of the molecule is CCS(=O)(=O)Nc1ccc2c(c1)C(=O)N(C)[C@H]1CC[C@@H](CC(=O)N3CCOCC3)O[C@H]1CO2. The predicted octanol–water partition coefficient (Wildman–Crippen LogP) is 1.08. The molecule has 1 aromatic rings. The van der Waals surface area contributed by atoms with Crippen molar-refractivity contribution >= 4 is 27.5 Å². The summed E-state index contributed by atoms with van der Waals surface area (Å²) in [4.78, 5) is 29.3. The van der Waals surface area contributed by atoms with Crippen LogP contribution < -0.4 is 9.46 Å². The molecule has 3 heterocycles. The summed E-state index contributed by atoms with van der Waals surface area (Å²) in [5, 5.41) is 0. The summed E-state index contributed by atoms with van der Waals surface area (Å²) in [6.45, 7) is 4.10. The zero-order valence-electron chi connectivity index (χ0n) is 19.0. The Labute approximate surface area is 194 Å². The van der Waals surface area contributed by atoms with Gasteiger partial charge in [0.15, 0.2) is 0 Å². The number of hydrogen-bond donors (Lipinski definition) is 1. The lowest BCUT2D eigenvalue weighted by atomic mass is 9.94. The van der Waals surface area contributed by atoms with E-state index < -0.39 is 10.0 Å². The van der Waals surface area contributed by atoms with Crippen LogP contribution in [0.15, 0.2) is 18.2 Å². The van der Waals surface area contributed by atoms with E-state index in [2.05, 4.69) is 4.72 Å². The van der Waals surface area contributed by atoms with Gasteiger partial charge in [-0.3, -0.25) is 14.3 Å². The van der Waals surface area contributed by atoms with E-state index in [4.69, 9.17) is 14.2 Å². The van der Waals surface area contributed by atoms with Gasteiger partial charge in [0.25, 0.3) is 5.91 Å².